The van der Waals surface area contributed by atoms with Crippen molar-refractivity contribution in [3.05, 3.63) is 40.5 Å². The Morgan fingerprint density at radius 3 is 2.83 bits per heavy atom. The van der Waals surface area contributed by atoms with Crippen LogP contribution >= 0.6 is 23.2 Å². The van der Waals surface area contributed by atoms with Crippen molar-refractivity contribution in [1.29, 1.82) is 0 Å². The van der Waals surface area contributed by atoms with Crippen LogP contribution in [-0.2, 0) is 0 Å². The van der Waals surface area contributed by atoms with Gasteiger partial charge in [-0.15, -0.1) is 5.10 Å². The smallest absolute Gasteiger partial charge is 0.224 e. The van der Waals surface area contributed by atoms with Gasteiger partial charge in [-0.05, 0) is 23.7 Å². The summed E-state index contributed by atoms with van der Waals surface area (Å²) in [6.45, 7) is 0. The number of hydrogen-bond acceptors (Lipinski definition) is 4. The Hall–Kier alpha value is -1.79. The van der Waals surface area contributed by atoms with E-state index < -0.39 is 5.82 Å². The zero-order valence-corrected chi connectivity index (χ0v) is 10.2. The Labute approximate surface area is 110 Å². The van der Waals surface area contributed by atoms with E-state index in [1.165, 1.54) is 23.0 Å². The minimum absolute atomic E-state index is 0.0378. The molecule has 0 radical (unpaired) electrons. The van der Waals surface area contributed by atoms with Crippen molar-refractivity contribution in [2.75, 3.05) is 0 Å². The molecule has 0 aliphatic carbocycles. The third kappa shape index (κ3) is 1.79. The van der Waals surface area contributed by atoms with Crippen molar-refractivity contribution in [2.45, 2.75) is 0 Å². The predicted molar refractivity (Wildman–Crippen MR) is 64.4 cm³/mol. The quantitative estimate of drug-likeness (QED) is 0.645. The van der Waals surface area contributed by atoms with E-state index in [4.69, 9.17) is 23.2 Å². The molecule has 90 valence electrons. The molecular formula is C10H4Cl2FN5. The third-order valence-corrected chi connectivity index (χ3v) is 2.80. The second-order valence-electron chi connectivity index (χ2n) is 3.45. The fourth-order valence-corrected chi connectivity index (χ4v) is 1.74. The number of fused-ring (bicyclic) bond motifs is 1. The van der Waals surface area contributed by atoms with Gasteiger partial charge in [0.1, 0.15) is 5.82 Å². The largest absolute Gasteiger partial charge is 0.224 e. The zero-order valence-electron chi connectivity index (χ0n) is 8.68. The molecule has 0 aliphatic rings. The van der Waals surface area contributed by atoms with Crippen molar-refractivity contribution in [1.82, 2.24) is 25.0 Å². The van der Waals surface area contributed by atoms with E-state index in [-0.39, 0.29) is 10.3 Å². The van der Waals surface area contributed by atoms with E-state index in [0.29, 0.717) is 16.9 Å². The summed E-state index contributed by atoms with van der Waals surface area (Å²) in [4.78, 5) is 7.79. The maximum Gasteiger partial charge on any atom is 0.224 e. The molecule has 1 aromatic carbocycles. The van der Waals surface area contributed by atoms with Gasteiger partial charge in [-0.25, -0.2) is 9.37 Å². The molecule has 3 aromatic rings. The van der Waals surface area contributed by atoms with Crippen LogP contribution in [0.25, 0.3) is 16.9 Å². The molecule has 18 heavy (non-hydrogen) atoms. The van der Waals surface area contributed by atoms with Crippen LogP contribution in [0.1, 0.15) is 0 Å². The van der Waals surface area contributed by atoms with Crippen LogP contribution in [0.15, 0.2) is 24.4 Å². The number of nitrogens with zero attached hydrogens (tertiary/aromatic N) is 5. The molecule has 2 heterocycles. The van der Waals surface area contributed by atoms with Gasteiger partial charge in [0.15, 0.2) is 11.2 Å². The van der Waals surface area contributed by atoms with E-state index in [0.717, 1.165) is 0 Å². The molecule has 0 unspecified atom stereocenters. The van der Waals surface area contributed by atoms with E-state index in [1.54, 1.807) is 6.07 Å². The van der Waals surface area contributed by atoms with Gasteiger partial charge in [-0.3, -0.25) is 0 Å². The topological polar surface area (TPSA) is 56.5 Å². The lowest BCUT2D eigenvalue weighted by atomic mass is 10.3. The number of hydrogen-bond donors (Lipinski definition) is 0. The van der Waals surface area contributed by atoms with Gasteiger partial charge in [0.2, 0.25) is 5.28 Å². The minimum atomic E-state index is -0.544. The number of aromatic nitrogens is 5. The van der Waals surface area contributed by atoms with E-state index in [9.17, 15) is 4.39 Å². The molecule has 0 saturated carbocycles. The summed E-state index contributed by atoms with van der Waals surface area (Å²) in [5.41, 5.74) is 1.32. The molecule has 2 aromatic heterocycles. The number of benzene rings is 1. The van der Waals surface area contributed by atoms with Crippen LogP contribution in [0.3, 0.4) is 0 Å². The fraction of sp³-hybridized carbons (Fsp3) is 0. The maximum absolute atomic E-state index is 13.4. The summed E-state index contributed by atoms with van der Waals surface area (Å²) >= 11 is 11.3. The second-order valence-corrected chi connectivity index (χ2v) is 4.19. The van der Waals surface area contributed by atoms with Crippen LogP contribution in [0.5, 0.6) is 0 Å². The Balaban J connectivity index is 2.24. The normalized spacial score (nSPS) is 11.1. The van der Waals surface area contributed by atoms with Gasteiger partial charge in [0.25, 0.3) is 0 Å². The standard InChI is InChI=1S/C10H4Cl2FN5/c11-6-2-1-5(3-7(6)13)18-9-8(16-17-18)4-14-10(12)15-9/h1-4H. The Morgan fingerprint density at radius 2 is 2.06 bits per heavy atom. The first-order valence-corrected chi connectivity index (χ1v) is 5.60. The van der Waals surface area contributed by atoms with Gasteiger partial charge in [-0.2, -0.15) is 9.67 Å². The van der Waals surface area contributed by atoms with Gasteiger partial charge < -0.3 is 0 Å². The third-order valence-electron chi connectivity index (χ3n) is 2.31. The van der Waals surface area contributed by atoms with Gasteiger partial charge in [-0.1, -0.05) is 16.8 Å². The molecule has 0 spiro atoms. The molecular weight excluding hydrogens is 280 g/mol. The SMILES string of the molecule is Fc1cc(-n2nnc3cnc(Cl)nc32)ccc1Cl. The molecule has 8 heteroatoms. The lowest BCUT2D eigenvalue weighted by Crippen LogP contribution is -1.99. The zero-order chi connectivity index (χ0) is 12.7. The average molecular weight is 284 g/mol. The highest BCUT2D eigenvalue weighted by molar-refractivity contribution is 6.30. The lowest BCUT2D eigenvalue weighted by Gasteiger charge is -2.02. The first-order chi connectivity index (χ1) is 8.65. The molecule has 0 aliphatic heterocycles. The van der Waals surface area contributed by atoms with Crippen LogP contribution < -0.4 is 0 Å². The van der Waals surface area contributed by atoms with E-state index in [2.05, 4.69) is 20.3 Å². The monoisotopic (exact) mass is 283 g/mol. The predicted octanol–water partition coefficient (Wildman–Crippen LogP) is 2.66. The summed E-state index contributed by atoms with van der Waals surface area (Å²) in [6.07, 6.45) is 1.44. The van der Waals surface area contributed by atoms with E-state index in [1.807, 2.05) is 0 Å². The average Bonchev–Trinajstić information content (AvgIpc) is 2.75. The number of halogens is 3. The van der Waals surface area contributed by atoms with Crippen molar-refractivity contribution < 1.29 is 4.39 Å². The van der Waals surface area contributed by atoms with Gasteiger partial charge >= 0.3 is 0 Å². The Bertz CT molecular complexity index is 742. The molecule has 0 saturated heterocycles. The first kappa shape index (κ1) is 11.3. The lowest BCUT2D eigenvalue weighted by molar-refractivity contribution is 0.625. The van der Waals surface area contributed by atoms with Gasteiger partial charge in [0, 0.05) is 6.07 Å². The fourth-order valence-electron chi connectivity index (χ4n) is 1.50. The van der Waals surface area contributed by atoms with Crippen LogP contribution in [0, 0.1) is 5.82 Å². The van der Waals surface area contributed by atoms with Crippen LogP contribution in [-0.4, -0.2) is 25.0 Å². The summed E-state index contributed by atoms with van der Waals surface area (Å²) < 4.78 is 14.8. The number of rotatable bonds is 1. The highest BCUT2D eigenvalue weighted by atomic mass is 35.5. The highest BCUT2D eigenvalue weighted by Crippen LogP contribution is 2.20. The van der Waals surface area contributed by atoms with E-state index >= 15 is 0 Å². The van der Waals surface area contributed by atoms with Crippen LogP contribution in [0.2, 0.25) is 10.3 Å². The van der Waals surface area contributed by atoms with Crippen molar-refractivity contribution >= 4 is 34.4 Å². The minimum Gasteiger partial charge on any atom is -0.224 e. The summed E-state index contributed by atoms with van der Waals surface area (Å²) in [6, 6.07) is 4.28. The highest BCUT2D eigenvalue weighted by Gasteiger charge is 2.11. The molecule has 0 atom stereocenters. The molecule has 3 rings (SSSR count). The van der Waals surface area contributed by atoms with Crippen LogP contribution in [0.4, 0.5) is 4.39 Å². The maximum atomic E-state index is 13.4. The Kier molecular flexibility index (Phi) is 2.61. The van der Waals surface area contributed by atoms with Gasteiger partial charge in [0.05, 0.1) is 16.9 Å². The van der Waals surface area contributed by atoms with Crippen molar-refractivity contribution in [3.8, 4) is 5.69 Å². The second kappa shape index (κ2) is 4.15. The summed E-state index contributed by atoms with van der Waals surface area (Å²) in [5.74, 6) is -0.544. The molecule has 0 fully saturated rings. The summed E-state index contributed by atoms with van der Waals surface area (Å²) in [5, 5.41) is 7.84. The molecule has 5 nitrogen and oxygen atoms in total. The first-order valence-electron chi connectivity index (χ1n) is 4.84. The van der Waals surface area contributed by atoms with Crippen molar-refractivity contribution in [2.24, 2.45) is 0 Å². The molecule has 0 N–H and O–H groups in total. The molecule has 0 bridgehead atoms. The Morgan fingerprint density at radius 1 is 1.22 bits per heavy atom. The summed E-state index contributed by atoms with van der Waals surface area (Å²) in [7, 11) is 0. The van der Waals surface area contributed by atoms with Crippen molar-refractivity contribution in [3.63, 3.8) is 0 Å². The molecule has 0 amide bonds.